The van der Waals surface area contributed by atoms with E-state index in [-0.39, 0.29) is 29.7 Å². The molecule has 2 unspecified atom stereocenters. The molecule has 3 fully saturated rings. The van der Waals surface area contributed by atoms with Gasteiger partial charge < -0.3 is 15.1 Å². The summed E-state index contributed by atoms with van der Waals surface area (Å²) in [6.45, 7) is 10.4. The minimum absolute atomic E-state index is 0.0330. The van der Waals surface area contributed by atoms with Crippen molar-refractivity contribution in [3.63, 3.8) is 0 Å². The number of carbonyl (C=O) groups is 3. The number of nitrogens with one attached hydrogen (secondary N) is 1. The highest BCUT2D eigenvalue weighted by atomic mass is 35.5. The first-order valence-corrected chi connectivity index (χ1v) is 14.0. The Balaban J connectivity index is 1.35. The van der Waals surface area contributed by atoms with Crippen LogP contribution in [0.15, 0.2) is 12.1 Å². The molecule has 0 aromatic heterocycles. The number of benzene rings is 1. The van der Waals surface area contributed by atoms with Gasteiger partial charge in [0.1, 0.15) is 0 Å². The van der Waals surface area contributed by atoms with Gasteiger partial charge in [-0.25, -0.2) is 0 Å². The van der Waals surface area contributed by atoms with Crippen molar-refractivity contribution in [1.29, 1.82) is 0 Å². The van der Waals surface area contributed by atoms with E-state index in [4.69, 9.17) is 11.6 Å². The average Bonchev–Trinajstić information content (AvgIpc) is 3.37. The fraction of sp³-hybridized carbons (Fsp3) is 0.679. The highest BCUT2D eigenvalue weighted by molar-refractivity contribution is 6.31. The lowest BCUT2D eigenvalue weighted by atomic mass is 9.94. The molecule has 4 rings (SSSR count). The van der Waals surface area contributed by atoms with Gasteiger partial charge in [0.15, 0.2) is 0 Å². The molecule has 2 heterocycles. The van der Waals surface area contributed by atoms with Crippen LogP contribution in [-0.4, -0.2) is 71.2 Å². The molecule has 3 amide bonds. The molecule has 36 heavy (non-hydrogen) atoms. The summed E-state index contributed by atoms with van der Waals surface area (Å²) < 4.78 is 0. The monoisotopic (exact) mass is 516 g/mol. The number of halogens is 1. The van der Waals surface area contributed by atoms with E-state index in [0.29, 0.717) is 23.9 Å². The van der Waals surface area contributed by atoms with Crippen molar-refractivity contribution in [2.75, 3.05) is 38.0 Å². The third-order valence-electron chi connectivity index (χ3n) is 8.29. The SMILES string of the molecule is CC(=O)N1CCCC(CC(=O)Nc2cc(Cl)cc(CN3CCN(C(=O)C4CCCC4)C(C)C3)c2C)C1. The van der Waals surface area contributed by atoms with Crippen LogP contribution in [0.5, 0.6) is 0 Å². The van der Waals surface area contributed by atoms with Crippen LogP contribution in [0.4, 0.5) is 5.69 Å². The standard InChI is InChI=1S/C28H41ClN4O3/c1-19-16-31(11-12-33(19)28(36)23-8-4-5-9-23)18-24-14-25(29)15-26(20(24)2)30-27(35)13-22-7-6-10-32(17-22)21(3)34/h14-15,19,22-23H,4-13,16-18H2,1-3H3,(H,30,35). The van der Waals surface area contributed by atoms with E-state index in [0.717, 1.165) is 75.2 Å². The number of likely N-dealkylation sites (tertiary alicyclic amines) is 1. The number of piperazine rings is 1. The predicted molar refractivity (Wildman–Crippen MR) is 143 cm³/mol. The van der Waals surface area contributed by atoms with E-state index in [1.807, 2.05) is 24.0 Å². The molecule has 1 N–H and O–H groups in total. The van der Waals surface area contributed by atoms with Crippen molar-refractivity contribution in [2.24, 2.45) is 11.8 Å². The van der Waals surface area contributed by atoms with Crippen LogP contribution in [0.2, 0.25) is 5.02 Å². The van der Waals surface area contributed by atoms with Crippen molar-refractivity contribution in [2.45, 2.75) is 78.3 Å². The number of anilines is 1. The third kappa shape index (κ3) is 6.60. The second-order valence-corrected chi connectivity index (χ2v) is 11.5. The zero-order valence-corrected chi connectivity index (χ0v) is 22.8. The van der Waals surface area contributed by atoms with E-state index in [2.05, 4.69) is 22.0 Å². The molecule has 7 nitrogen and oxygen atoms in total. The molecule has 0 radical (unpaired) electrons. The van der Waals surface area contributed by atoms with Crippen LogP contribution in [0.25, 0.3) is 0 Å². The summed E-state index contributed by atoms with van der Waals surface area (Å²) in [5.74, 6) is 0.793. The molecule has 3 aliphatic rings. The van der Waals surface area contributed by atoms with Gasteiger partial charge in [-0.2, -0.15) is 0 Å². The Hall–Kier alpha value is -2.12. The highest BCUT2D eigenvalue weighted by Crippen LogP contribution is 2.30. The minimum atomic E-state index is -0.0330. The number of piperidine rings is 1. The lowest BCUT2D eigenvalue weighted by Crippen LogP contribution is -2.54. The van der Waals surface area contributed by atoms with Gasteiger partial charge in [-0.05, 0) is 68.7 Å². The summed E-state index contributed by atoms with van der Waals surface area (Å²) in [4.78, 5) is 43.8. The van der Waals surface area contributed by atoms with Gasteiger partial charge in [-0.1, -0.05) is 24.4 Å². The first-order valence-electron chi connectivity index (χ1n) is 13.6. The van der Waals surface area contributed by atoms with Crippen molar-refractivity contribution in [3.8, 4) is 0 Å². The number of rotatable bonds is 6. The molecule has 2 saturated heterocycles. The number of hydrogen-bond donors (Lipinski definition) is 1. The van der Waals surface area contributed by atoms with Crippen LogP contribution >= 0.6 is 11.6 Å². The van der Waals surface area contributed by atoms with Gasteiger partial charge in [-0.3, -0.25) is 19.3 Å². The number of hydrogen-bond acceptors (Lipinski definition) is 4. The summed E-state index contributed by atoms with van der Waals surface area (Å²) in [6, 6.07) is 4.00. The molecule has 0 spiro atoms. The lowest BCUT2D eigenvalue weighted by molar-refractivity contribution is -0.140. The van der Waals surface area contributed by atoms with E-state index in [1.54, 1.807) is 6.92 Å². The molecule has 1 aromatic rings. The summed E-state index contributed by atoms with van der Waals surface area (Å²) in [6.07, 6.45) is 6.74. The number of nitrogens with zero attached hydrogens (tertiary/aromatic N) is 3. The van der Waals surface area contributed by atoms with Crippen molar-refractivity contribution >= 4 is 35.0 Å². The zero-order chi connectivity index (χ0) is 25.8. The van der Waals surface area contributed by atoms with Crippen LogP contribution in [0.1, 0.15) is 69.9 Å². The maximum atomic E-state index is 12.9. The Kier molecular flexibility index (Phi) is 8.94. The van der Waals surface area contributed by atoms with E-state index < -0.39 is 0 Å². The van der Waals surface area contributed by atoms with Crippen LogP contribution < -0.4 is 5.32 Å². The molecule has 8 heteroatoms. The third-order valence-corrected chi connectivity index (χ3v) is 8.50. The Morgan fingerprint density at radius 2 is 1.78 bits per heavy atom. The second-order valence-electron chi connectivity index (χ2n) is 11.1. The summed E-state index contributed by atoms with van der Waals surface area (Å²) >= 11 is 6.47. The molecule has 1 saturated carbocycles. The number of amides is 3. The average molecular weight is 517 g/mol. The molecule has 1 aliphatic carbocycles. The Labute approximate surface area is 220 Å². The molecule has 2 aliphatic heterocycles. The topological polar surface area (TPSA) is 73.0 Å². The maximum absolute atomic E-state index is 12.9. The van der Waals surface area contributed by atoms with Crippen molar-refractivity contribution in [3.05, 3.63) is 28.3 Å². The highest BCUT2D eigenvalue weighted by Gasteiger charge is 2.33. The Morgan fingerprint density at radius 3 is 2.47 bits per heavy atom. The van der Waals surface area contributed by atoms with Crippen molar-refractivity contribution in [1.82, 2.24) is 14.7 Å². The molecular weight excluding hydrogens is 476 g/mol. The number of carbonyl (C=O) groups excluding carboxylic acids is 3. The maximum Gasteiger partial charge on any atom is 0.226 e. The normalized spacial score (nSPS) is 23.7. The van der Waals surface area contributed by atoms with E-state index in [1.165, 1.54) is 12.8 Å². The smallest absolute Gasteiger partial charge is 0.226 e. The summed E-state index contributed by atoms with van der Waals surface area (Å²) in [5, 5.41) is 3.69. The summed E-state index contributed by atoms with van der Waals surface area (Å²) in [5.41, 5.74) is 2.88. The van der Waals surface area contributed by atoms with Crippen LogP contribution in [0, 0.1) is 18.8 Å². The largest absolute Gasteiger partial charge is 0.343 e. The van der Waals surface area contributed by atoms with Gasteiger partial charge in [0.2, 0.25) is 17.7 Å². The van der Waals surface area contributed by atoms with Crippen LogP contribution in [0.3, 0.4) is 0 Å². The summed E-state index contributed by atoms with van der Waals surface area (Å²) in [7, 11) is 0. The van der Waals surface area contributed by atoms with Gasteiger partial charge in [-0.15, -0.1) is 0 Å². The first kappa shape index (κ1) is 26.9. The Bertz CT molecular complexity index is 978. The van der Waals surface area contributed by atoms with E-state index in [9.17, 15) is 14.4 Å². The molecular formula is C28H41ClN4O3. The van der Waals surface area contributed by atoms with Gasteiger partial charge in [0, 0.05) is 75.3 Å². The fourth-order valence-electron chi connectivity index (χ4n) is 6.16. The Morgan fingerprint density at radius 1 is 1.03 bits per heavy atom. The predicted octanol–water partition coefficient (Wildman–Crippen LogP) is 4.46. The van der Waals surface area contributed by atoms with Crippen molar-refractivity contribution < 1.29 is 14.4 Å². The van der Waals surface area contributed by atoms with E-state index >= 15 is 0 Å². The van der Waals surface area contributed by atoms with Gasteiger partial charge in [0.25, 0.3) is 0 Å². The van der Waals surface area contributed by atoms with Gasteiger partial charge >= 0.3 is 0 Å². The molecule has 1 aromatic carbocycles. The minimum Gasteiger partial charge on any atom is -0.343 e. The molecule has 198 valence electrons. The van der Waals surface area contributed by atoms with Gasteiger partial charge in [0.05, 0.1) is 0 Å². The molecule has 0 bridgehead atoms. The molecule has 2 atom stereocenters. The lowest BCUT2D eigenvalue weighted by Gasteiger charge is -2.41. The quantitative estimate of drug-likeness (QED) is 0.606. The van der Waals surface area contributed by atoms with Crippen LogP contribution in [-0.2, 0) is 20.9 Å². The second kappa shape index (κ2) is 12.0. The zero-order valence-electron chi connectivity index (χ0n) is 22.0. The first-order chi connectivity index (χ1) is 17.2. The fourth-order valence-corrected chi connectivity index (χ4v) is 6.40.